The number of anilines is 1. The second kappa shape index (κ2) is 5.27. The molecular weight excluding hydrogens is 270 g/mol. The van der Waals surface area contributed by atoms with E-state index in [1.54, 1.807) is 12.1 Å². The monoisotopic (exact) mass is 279 g/mol. The molecule has 19 heavy (non-hydrogen) atoms. The number of non-ortho nitro benzene ring substituents is 1. The number of nitrogens with two attached hydrogens (primary N) is 1. The Labute approximate surface area is 111 Å². The molecule has 2 rings (SSSR count). The fraction of sp³-hybridized carbons (Fsp3) is 0. The van der Waals surface area contributed by atoms with Crippen LogP contribution in [0.5, 0.6) is 0 Å². The van der Waals surface area contributed by atoms with Crippen molar-refractivity contribution in [2.24, 2.45) is 5.10 Å². The summed E-state index contributed by atoms with van der Waals surface area (Å²) in [5.74, 6) is 5.77. The number of nitro groups is 1. The fourth-order valence-electron chi connectivity index (χ4n) is 1.27. The Morgan fingerprint density at radius 3 is 3.05 bits per heavy atom. The van der Waals surface area contributed by atoms with Crippen LogP contribution in [-0.2, 0) is 0 Å². The molecule has 0 amide bonds. The fourth-order valence-corrected chi connectivity index (χ4v) is 1.40. The highest BCUT2D eigenvalue weighted by atomic mass is 32.1. The summed E-state index contributed by atoms with van der Waals surface area (Å²) in [7, 11) is 0. The summed E-state index contributed by atoms with van der Waals surface area (Å²) in [6.07, 6.45) is 1.41. The molecule has 9 nitrogen and oxygen atoms in total. The summed E-state index contributed by atoms with van der Waals surface area (Å²) in [5, 5.41) is 20.7. The zero-order valence-electron chi connectivity index (χ0n) is 9.48. The molecule has 0 saturated heterocycles. The number of nitro benzene ring substituents is 1. The first-order chi connectivity index (χ1) is 9.08. The Bertz CT molecular complexity index is 690. The molecule has 2 aromatic rings. The highest BCUT2D eigenvalue weighted by Gasteiger charge is 2.04. The zero-order chi connectivity index (χ0) is 13.8. The van der Waals surface area contributed by atoms with Crippen LogP contribution in [0.1, 0.15) is 5.56 Å². The summed E-state index contributed by atoms with van der Waals surface area (Å²) < 4.78 is 1.35. The van der Waals surface area contributed by atoms with Crippen molar-refractivity contribution >= 4 is 30.1 Å². The number of H-pyrrole nitrogens is 1. The second-order valence-corrected chi connectivity index (χ2v) is 3.83. The third-order valence-corrected chi connectivity index (χ3v) is 2.45. The first kappa shape index (κ1) is 12.7. The molecule has 0 atom stereocenters. The van der Waals surface area contributed by atoms with Gasteiger partial charge in [0.1, 0.15) is 0 Å². The number of nitrogens with one attached hydrogen (secondary N) is 2. The van der Waals surface area contributed by atoms with Gasteiger partial charge in [-0.3, -0.25) is 10.1 Å². The number of nitrogen functional groups attached to an aromatic ring is 1. The number of benzene rings is 1. The lowest BCUT2D eigenvalue weighted by Crippen LogP contribution is -2.11. The highest BCUT2D eigenvalue weighted by Crippen LogP contribution is 2.11. The summed E-state index contributed by atoms with van der Waals surface area (Å²) in [4.78, 5) is 10.1. The Kier molecular flexibility index (Phi) is 3.52. The van der Waals surface area contributed by atoms with E-state index in [0.29, 0.717) is 5.56 Å². The molecule has 0 fully saturated rings. The number of hydrogen-bond acceptors (Lipinski definition) is 7. The molecule has 0 spiro atoms. The average Bonchev–Trinajstić information content (AvgIpc) is 2.71. The predicted octanol–water partition coefficient (Wildman–Crippen LogP) is 1.01. The van der Waals surface area contributed by atoms with Gasteiger partial charge < -0.3 is 5.84 Å². The molecule has 1 aromatic carbocycles. The summed E-state index contributed by atoms with van der Waals surface area (Å²) in [6.45, 7) is 0. The largest absolute Gasteiger partial charge is 0.334 e. The molecule has 0 aliphatic carbocycles. The van der Waals surface area contributed by atoms with Gasteiger partial charge in [0.15, 0.2) is 0 Å². The van der Waals surface area contributed by atoms with Gasteiger partial charge in [-0.15, -0.1) is 5.10 Å². The highest BCUT2D eigenvalue weighted by molar-refractivity contribution is 7.71. The van der Waals surface area contributed by atoms with Crippen LogP contribution in [0.15, 0.2) is 29.4 Å². The number of nitrogens with zero attached hydrogens (tertiary/aromatic N) is 4. The lowest BCUT2D eigenvalue weighted by atomic mass is 10.2. The molecule has 0 saturated carbocycles. The number of aromatic nitrogens is 3. The van der Waals surface area contributed by atoms with E-state index >= 15 is 0 Å². The maximum absolute atomic E-state index is 10.6. The Morgan fingerprint density at radius 2 is 2.42 bits per heavy atom. The minimum atomic E-state index is -0.476. The molecule has 0 aliphatic rings. The van der Waals surface area contributed by atoms with E-state index in [2.05, 4.69) is 20.7 Å². The second-order valence-electron chi connectivity index (χ2n) is 3.44. The summed E-state index contributed by atoms with van der Waals surface area (Å²) in [6, 6.07) is 6.04. The number of hydrazone groups is 1. The van der Waals surface area contributed by atoms with Gasteiger partial charge in [-0.25, -0.2) is 10.5 Å². The lowest BCUT2D eigenvalue weighted by molar-refractivity contribution is -0.384. The van der Waals surface area contributed by atoms with Crippen LogP contribution in [0, 0.1) is 14.9 Å². The van der Waals surface area contributed by atoms with Gasteiger partial charge in [0, 0.05) is 17.7 Å². The third kappa shape index (κ3) is 2.93. The molecule has 0 aliphatic heterocycles. The van der Waals surface area contributed by atoms with Crippen LogP contribution in [0.25, 0.3) is 0 Å². The first-order valence-electron chi connectivity index (χ1n) is 5.04. The quantitative estimate of drug-likeness (QED) is 0.252. The van der Waals surface area contributed by atoms with E-state index in [0.717, 1.165) is 4.68 Å². The SMILES string of the molecule is Nn1c(N/N=C/c2cccc([N+](=O)[O-])c2)n[nH]c1=S. The van der Waals surface area contributed by atoms with Crippen molar-refractivity contribution in [1.29, 1.82) is 0 Å². The first-order valence-corrected chi connectivity index (χ1v) is 5.45. The Balaban J connectivity index is 2.11. The molecule has 98 valence electrons. The van der Waals surface area contributed by atoms with E-state index < -0.39 is 4.92 Å². The lowest BCUT2D eigenvalue weighted by Gasteiger charge is -1.97. The predicted molar refractivity (Wildman–Crippen MR) is 71.9 cm³/mol. The zero-order valence-corrected chi connectivity index (χ0v) is 10.3. The van der Waals surface area contributed by atoms with Crippen molar-refractivity contribution in [3.8, 4) is 0 Å². The summed E-state index contributed by atoms with van der Waals surface area (Å²) >= 11 is 4.82. The van der Waals surface area contributed by atoms with Gasteiger partial charge >= 0.3 is 0 Å². The average molecular weight is 279 g/mol. The van der Waals surface area contributed by atoms with E-state index in [1.807, 2.05) is 0 Å². The Morgan fingerprint density at radius 1 is 1.63 bits per heavy atom. The minimum absolute atomic E-state index is 0.00884. The molecule has 1 aromatic heterocycles. The van der Waals surface area contributed by atoms with E-state index in [-0.39, 0.29) is 16.4 Å². The van der Waals surface area contributed by atoms with Gasteiger partial charge in [0.2, 0.25) is 4.77 Å². The van der Waals surface area contributed by atoms with E-state index in [4.69, 9.17) is 18.1 Å². The van der Waals surface area contributed by atoms with E-state index in [1.165, 1.54) is 18.3 Å². The molecule has 0 unspecified atom stereocenters. The third-order valence-electron chi connectivity index (χ3n) is 2.16. The number of aromatic amines is 1. The smallest absolute Gasteiger partial charge is 0.270 e. The normalized spacial score (nSPS) is 10.7. The van der Waals surface area contributed by atoms with Gasteiger partial charge in [-0.1, -0.05) is 12.1 Å². The van der Waals surface area contributed by atoms with Crippen molar-refractivity contribution in [1.82, 2.24) is 14.9 Å². The van der Waals surface area contributed by atoms with Gasteiger partial charge in [-0.05, 0) is 12.2 Å². The van der Waals surface area contributed by atoms with Crippen LogP contribution in [0.3, 0.4) is 0 Å². The van der Waals surface area contributed by atoms with Crippen LogP contribution >= 0.6 is 12.2 Å². The molecular formula is C9H9N7O2S. The van der Waals surface area contributed by atoms with Gasteiger partial charge in [0.25, 0.3) is 11.6 Å². The van der Waals surface area contributed by atoms with Crippen LogP contribution in [0.2, 0.25) is 0 Å². The van der Waals surface area contributed by atoms with Gasteiger partial charge in [0.05, 0.1) is 11.1 Å². The molecule has 10 heteroatoms. The Hall–Kier alpha value is -2.75. The van der Waals surface area contributed by atoms with Crippen molar-refractivity contribution in [3.63, 3.8) is 0 Å². The molecule has 0 bridgehead atoms. The number of rotatable bonds is 4. The number of hydrogen-bond donors (Lipinski definition) is 3. The topological polar surface area (TPSA) is 127 Å². The van der Waals surface area contributed by atoms with Crippen LogP contribution in [-0.4, -0.2) is 26.0 Å². The van der Waals surface area contributed by atoms with Gasteiger partial charge in [-0.2, -0.15) is 9.78 Å². The van der Waals surface area contributed by atoms with Crippen molar-refractivity contribution in [2.75, 3.05) is 11.3 Å². The molecule has 4 N–H and O–H groups in total. The van der Waals surface area contributed by atoms with Crippen molar-refractivity contribution in [3.05, 3.63) is 44.7 Å². The maximum atomic E-state index is 10.6. The molecule has 1 heterocycles. The van der Waals surface area contributed by atoms with E-state index in [9.17, 15) is 10.1 Å². The molecule has 0 radical (unpaired) electrons. The summed E-state index contributed by atoms with van der Waals surface area (Å²) in [5.41, 5.74) is 3.12. The minimum Gasteiger partial charge on any atom is -0.334 e. The van der Waals surface area contributed by atoms with Crippen molar-refractivity contribution in [2.45, 2.75) is 0 Å². The van der Waals surface area contributed by atoms with Crippen LogP contribution < -0.4 is 11.3 Å². The maximum Gasteiger partial charge on any atom is 0.270 e. The standard InChI is InChI=1S/C9H9N7O2S/c10-15-8(13-14-9(15)19)12-11-5-6-2-1-3-7(4-6)16(17)18/h1-5H,10H2,(H,12,13)(H,14,19)/b11-5+. The van der Waals surface area contributed by atoms with Crippen molar-refractivity contribution < 1.29 is 4.92 Å². The van der Waals surface area contributed by atoms with Crippen LogP contribution in [0.4, 0.5) is 11.6 Å².